The molecule has 4 fully saturated rings. The molecule has 4 bridgehead atoms. The van der Waals surface area contributed by atoms with Crippen LogP contribution in [0.1, 0.15) is 43.2 Å². The molecule has 0 saturated heterocycles. The van der Waals surface area contributed by atoms with Gasteiger partial charge in [-0.05, 0) is 144 Å². The van der Waals surface area contributed by atoms with Gasteiger partial charge in [0, 0.05) is 38.8 Å². The third-order valence-corrected chi connectivity index (χ3v) is 15.1. The summed E-state index contributed by atoms with van der Waals surface area (Å²) >= 11 is 0. The lowest BCUT2D eigenvalue weighted by Crippen LogP contribution is -2.55. The summed E-state index contributed by atoms with van der Waals surface area (Å²) in [6, 6.07) is 50.7. The highest BCUT2D eigenvalue weighted by molar-refractivity contribution is 6.13. The first-order chi connectivity index (χ1) is 28.7. The summed E-state index contributed by atoms with van der Waals surface area (Å²) in [5, 5.41) is 5.00. The molecule has 4 aromatic heterocycles. The highest BCUT2D eigenvalue weighted by atomic mass is 15.0. The van der Waals surface area contributed by atoms with Crippen molar-refractivity contribution in [2.75, 3.05) is 0 Å². The van der Waals surface area contributed by atoms with Gasteiger partial charge >= 0.3 is 0 Å². The molecule has 15 rings (SSSR count). The molecule has 0 radical (unpaired) electrons. The molecule has 276 valence electrons. The quantitative estimate of drug-likeness (QED) is 0.181. The van der Waals surface area contributed by atoms with Gasteiger partial charge in [0.2, 0.25) is 0 Å². The van der Waals surface area contributed by atoms with Crippen molar-refractivity contribution in [3.05, 3.63) is 163 Å². The SMILES string of the molecule is c1ccc2c(c1)-c1ccc(-n3c4ccccc4c4cc(-c5ccc6c(c5)c5ccccc5n6-c5ccnc6cncnc56)ccc43)cc1C21C2CC3CC(C2)CC1C3. The summed E-state index contributed by atoms with van der Waals surface area (Å²) in [7, 11) is 0. The summed E-state index contributed by atoms with van der Waals surface area (Å²) in [5.41, 5.74) is 17.4. The molecule has 0 amide bonds. The van der Waals surface area contributed by atoms with Crippen molar-refractivity contribution in [2.24, 2.45) is 23.7 Å². The molecule has 5 heteroatoms. The summed E-state index contributed by atoms with van der Waals surface area (Å²) < 4.78 is 4.87. The Morgan fingerprint density at radius 3 is 1.86 bits per heavy atom. The van der Waals surface area contributed by atoms with Gasteiger partial charge < -0.3 is 9.13 Å². The summed E-state index contributed by atoms with van der Waals surface area (Å²) in [4.78, 5) is 13.4. The lowest BCUT2D eigenvalue weighted by atomic mass is 9.43. The second-order valence-electron chi connectivity index (χ2n) is 17.7. The first-order valence-electron chi connectivity index (χ1n) is 21.1. The maximum atomic E-state index is 4.66. The molecule has 5 nitrogen and oxygen atoms in total. The van der Waals surface area contributed by atoms with E-state index in [1.165, 1.54) is 92.6 Å². The van der Waals surface area contributed by atoms with Crippen LogP contribution in [0.25, 0.3) is 88.3 Å². The molecule has 4 heterocycles. The van der Waals surface area contributed by atoms with E-state index in [-0.39, 0.29) is 5.41 Å². The van der Waals surface area contributed by atoms with Crippen LogP contribution in [0.4, 0.5) is 0 Å². The van der Waals surface area contributed by atoms with E-state index < -0.39 is 0 Å². The minimum atomic E-state index is 0.140. The van der Waals surface area contributed by atoms with E-state index in [4.69, 9.17) is 0 Å². The number of rotatable bonds is 3. The largest absolute Gasteiger partial charge is 0.309 e. The van der Waals surface area contributed by atoms with E-state index in [0.29, 0.717) is 0 Å². The van der Waals surface area contributed by atoms with E-state index in [1.807, 2.05) is 6.20 Å². The fourth-order valence-corrected chi connectivity index (χ4v) is 13.2. The molecular weight excluding hydrogens is 707 g/mol. The minimum Gasteiger partial charge on any atom is -0.309 e. The van der Waals surface area contributed by atoms with Crippen LogP contribution in [0.2, 0.25) is 0 Å². The van der Waals surface area contributed by atoms with E-state index in [0.717, 1.165) is 51.4 Å². The Kier molecular flexibility index (Phi) is 6.13. The Bertz CT molecular complexity index is 3350. The van der Waals surface area contributed by atoms with Gasteiger partial charge in [-0.15, -0.1) is 0 Å². The molecule has 0 N–H and O–H groups in total. The maximum absolute atomic E-state index is 4.66. The van der Waals surface area contributed by atoms with Gasteiger partial charge in [-0.25, -0.2) is 9.97 Å². The van der Waals surface area contributed by atoms with Crippen molar-refractivity contribution < 1.29 is 0 Å². The molecule has 0 unspecified atom stereocenters. The lowest BCUT2D eigenvalue weighted by molar-refractivity contribution is -0.0399. The number of hydrogen-bond acceptors (Lipinski definition) is 3. The van der Waals surface area contributed by atoms with Crippen LogP contribution in [0.5, 0.6) is 0 Å². The zero-order valence-electron chi connectivity index (χ0n) is 32.0. The van der Waals surface area contributed by atoms with Crippen molar-refractivity contribution in [3.63, 3.8) is 0 Å². The average molecular weight is 746 g/mol. The number of para-hydroxylation sites is 2. The Hall–Kier alpha value is -6.59. The van der Waals surface area contributed by atoms with Crippen LogP contribution in [-0.2, 0) is 5.41 Å². The third kappa shape index (κ3) is 3.99. The number of fused-ring (bicyclic) bond motifs is 10. The molecule has 0 aliphatic heterocycles. The van der Waals surface area contributed by atoms with Crippen molar-refractivity contribution in [1.82, 2.24) is 24.1 Å². The summed E-state index contributed by atoms with van der Waals surface area (Å²) in [5.74, 6) is 3.34. The Balaban J connectivity index is 0.939. The van der Waals surface area contributed by atoms with Gasteiger partial charge in [0.25, 0.3) is 0 Å². The maximum Gasteiger partial charge on any atom is 0.116 e. The zero-order chi connectivity index (χ0) is 37.7. The monoisotopic (exact) mass is 745 g/mol. The molecule has 5 aliphatic carbocycles. The topological polar surface area (TPSA) is 48.5 Å². The third-order valence-electron chi connectivity index (χ3n) is 15.1. The average Bonchev–Trinajstić information content (AvgIpc) is 3.88. The standard InChI is InChI=1S/C53H39N5/c1-4-10-44-38(7-1)39-16-15-37(28-45(39)53(44)35-22-31-21-32(24-35)25-36(53)23-31)57-47-11-5-2-8-40(47)42-26-33(13-17-49(42)57)34-14-18-50-43(27-34)41-9-3-6-12-48(41)58(50)51-19-20-55-46-29-54-30-56-52(46)51/h1-20,26-32,35-36H,21-25H2. The van der Waals surface area contributed by atoms with Gasteiger partial charge in [0.15, 0.2) is 0 Å². The number of nitrogens with zero attached hydrogens (tertiary/aromatic N) is 5. The van der Waals surface area contributed by atoms with Crippen LogP contribution in [0.3, 0.4) is 0 Å². The van der Waals surface area contributed by atoms with E-state index in [2.05, 4.69) is 158 Å². The fraction of sp³-hybridized carbons (Fsp3) is 0.189. The van der Waals surface area contributed by atoms with Crippen LogP contribution in [-0.4, -0.2) is 24.1 Å². The van der Waals surface area contributed by atoms with Gasteiger partial charge in [-0.2, -0.15) is 0 Å². The molecule has 1 spiro atoms. The van der Waals surface area contributed by atoms with Crippen LogP contribution in [0, 0.1) is 23.7 Å². The molecule has 0 atom stereocenters. The minimum absolute atomic E-state index is 0.140. The predicted octanol–water partition coefficient (Wildman–Crippen LogP) is 12.6. The number of aromatic nitrogens is 5. The Morgan fingerprint density at radius 1 is 0.500 bits per heavy atom. The van der Waals surface area contributed by atoms with Crippen LogP contribution >= 0.6 is 0 Å². The molecule has 4 saturated carbocycles. The lowest BCUT2D eigenvalue weighted by Gasteiger charge is -2.61. The van der Waals surface area contributed by atoms with Crippen molar-refractivity contribution in [2.45, 2.75) is 37.5 Å². The smallest absolute Gasteiger partial charge is 0.116 e. The van der Waals surface area contributed by atoms with Gasteiger partial charge in [-0.1, -0.05) is 78.9 Å². The first kappa shape index (κ1) is 31.5. The van der Waals surface area contributed by atoms with Crippen molar-refractivity contribution >= 4 is 54.6 Å². The summed E-state index contributed by atoms with van der Waals surface area (Å²) in [6.45, 7) is 0. The predicted molar refractivity (Wildman–Crippen MR) is 235 cm³/mol. The molecule has 58 heavy (non-hydrogen) atoms. The number of pyridine rings is 1. The number of hydrogen-bond donors (Lipinski definition) is 0. The van der Waals surface area contributed by atoms with E-state index >= 15 is 0 Å². The van der Waals surface area contributed by atoms with Crippen LogP contribution in [0.15, 0.2) is 152 Å². The Morgan fingerprint density at radius 2 is 1.12 bits per heavy atom. The van der Waals surface area contributed by atoms with Gasteiger partial charge in [0.1, 0.15) is 17.4 Å². The fourth-order valence-electron chi connectivity index (χ4n) is 13.2. The molecular formula is C53H39N5. The molecule has 10 aromatic rings. The highest BCUT2D eigenvalue weighted by Gasteiger charge is 2.61. The van der Waals surface area contributed by atoms with Gasteiger partial charge in [-0.3, -0.25) is 4.98 Å². The number of benzene rings is 6. The zero-order valence-corrected chi connectivity index (χ0v) is 32.0. The van der Waals surface area contributed by atoms with Crippen molar-refractivity contribution in [3.8, 4) is 33.6 Å². The molecule has 5 aliphatic rings. The van der Waals surface area contributed by atoms with E-state index in [1.54, 1.807) is 23.7 Å². The highest BCUT2D eigenvalue weighted by Crippen LogP contribution is 2.69. The van der Waals surface area contributed by atoms with Crippen molar-refractivity contribution in [1.29, 1.82) is 0 Å². The second-order valence-corrected chi connectivity index (χ2v) is 17.7. The first-order valence-corrected chi connectivity index (χ1v) is 21.1. The van der Waals surface area contributed by atoms with Crippen LogP contribution < -0.4 is 0 Å². The second kappa shape index (κ2) is 11.3. The Labute approximate surface area is 335 Å². The molecule has 6 aromatic carbocycles. The van der Waals surface area contributed by atoms with E-state index in [9.17, 15) is 0 Å². The normalized spacial score (nSPS) is 22.9. The summed E-state index contributed by atoms with van der Waals surface area (Å²) in [6.07, 6.45) is 12.3. The van der Waals surface area contributed by atoms with Gasteiger partial charge in [0.05, 0.1) is 34.0 Å².